The minimum atomic E-state index is -0.836. The smallest absolute Gasteiger partial charge is 0.325 e. The highest BCUT2D eigenvalue weighted by atomic mass is 32.1. The summed E-state index contributed by atoms with van der Waals surface area (Å²) in [5, 5.41) is 20.9. The van der Waals surface area contributed by atoms with Gasteiger partial charge in [-0.25, -0.2) is 4.79 Å². The number of carboxylic acids is 1. The number of aryl methyl sites for hydroxylation is 1. The van der Waals surface area contributed by atoms with Gasteiger partial charge in [-0.2, -0.15) is 0 Å². The molecule has 0 aliphatic rings. The second-order valence-corrected chi connectivity index (χ2v) is 4.57. The Labute approximate surface area is 118 Å². The van der Waals surface area contributed by atoms with Crippen LogP contribution in [-0.4, -0.2) is 31.9 Å². The average molecular weight is 293 g/mol. The Morgan fingerprint density at radius 2 is 1.95 bits per heavy atom. The van der Waals surface area contributed by atoms with Gasteiger partial charge in [0.1, 0.15) is 0 Å². The van der Waals surface area contributed by atoms with Crippen LogP contribution in [0.15, 0.2) is 24.3 Å². The minimum absolute atomic E-state index is 0.0807. The third kappa shape index (κ3) is 4.28. The van der Waals surface area contributed by atoms with Crippen molar-refractivity contribution in [2.45, 2.75) is 12.8 Å². The fraction of sp³-hybridized carbons (Fsp3) is 0.182. The quantitative estimate of drug-likeness (QED) is 0.770. The zero-order chi connectivity index (χ0) is 14.4. The van der Waals surface area contributed by atoms with Crippen LogP contribution in [0.5, 0.6) is 0 Å². The van der Waals surface area contributed by atoms with Gasteiger partial charge in [0.25, 0.3) is 0 Å². The molecule has 2 amide bonds. The number of urea groups is 1. The fourth-order valence-corrected chi connectivity index (χ4v) is 1.81. The lowest BCUT2D eigenvalue weighted by Crippen LogP contribution is -2.19. The van der Waals surface area contributed by atoms with Gasteiger partial charge in [0.05, 0.1) is 0 Å². The molecule has 0 saturated carbocycles. The van der Waals surface area contributed by atoms with Crippen molar-refractivity contribution in [1.82, 2.24) is 14.8 Å². The zero-order valence-corrected chi connectivity index (χ0v) is 11.1. The molecule has 1 aromatic carbocycles. The van der Waals surface area contributed by atoms with Crippen molar-refractivity contribution in [2.75, 3.05) is 10.6 Å². The summed E-state index contributed by atoms with van der Waals surface area (Å²) in [7, 11) is 0. The van der Waals surface area contributed by atoms with E-state index in [-0.39, 0.29) is 6.42 Å². The standard InChI is InChI=1S/C11H11N5O3S/c17-9(18)6-3-7-1-4-8(5-2-7)12-10(19)13-11-14-15-16-20-11/h1-2,4-5H,3,6H2,(H,17,18)(H2,12,13,14,16,19). The maximum Gasteiger partial charge on any atom is 0.325 e. The van der Waals surface area contributed by atoms with E-state index in [4.69, 9.17) is 5.11 Å². The van der Waals surface area contributed by atoms with Crippen LogP contribution >= 0.6 is 11.5 Å². The van der Waals surface area contributed by atoms with E-state index in [1.54, 1.807) is 24.3 Å². The lowest BCUT2D eigenvalue weighted by atomic mass is 10.1. The first-order valence-corrected chi connectivity index (χ1v) is 6.44. The summed E-state index contributed by atoms with van der Waals surface area (Å²) < 4.78 is 3.52. The van der Waals surface area contributed by atoms with Gasteiger partial charge in [-0.05, 0) is 29.3 Å². The van der Waals surface area contributed by atoms with Gasteiger partial charge in [-0.1, -0.05) is 21.7 Å². The van der Waals surface area contributed by atoms with Crippen molar-refractivity contribution >= 4 is 34.4 Å². The molecule has 1 aromatic heterocycles. The molecule has 0 saturated heterocycles. The molecule has 8 nitrogen and oxygen atoms in total. The number of nitrogens with zero attached hydrogens (tertiary/aromatic N) is 3. The Hall–Kier alpha value is -2.55. The van der Waals surface area contributed by atoms with E-state index in [9.17, 15) is 9.59 Å². The molecule has 3 N–H and O–H groups in total. The van der Waals surface area contributed by atoms with Crippen LogP contribution in [0.2, 0.25) is 0 Å². The molecule has 0 aliphatic carbocycles. The van der Waals surface area contributed by atoms with Gasteiger partial charge >= 0.3 is 12.0 Å². The van der Waals surface area contributed by atoms with E-state index in [1.165, 1.54) is 0 Å². The number of nitrogens with one attached hydrogen (secondary N) is 2. The van der Waals surface area contributed by atoms with E-state index in [0.29, 0.717) is 17.2 Å². The van der Waals surface area contributed by atoms with Crippen LogP contribution < -0.4 is 10.6 Å². The van der Waals surface area contributed by atoms with E-state index in [0.717, 1.165) is 17.1 Å². The fourth-order valence-electron chi connectivity index (χ4n) is 1.45. The first-order chi connectivity index (χ1) is 9.63. The number of hydrogen-bond acceptors (Lipinski definition) is 6. The summed E-state index contributed by atoms with van der Waals surface area (Å²) in [6, 6.07) is 6.50. The van der Waals surface area contributed by atoms with Crippen molar-refractivity contribution in [3.63, 3.8) is 0 Å². The highest BCUT2D eigenvalue weighted by Gasteiger charge is 2.05. The van der Waals surface area contributed by atoms with E-state index in [1.807, 2.05) is 0 Å². The lowest BCUT2D eigenvalue weighted by Gasteiger charge is -2.05. The first-order valence-electron chi connectivity index (χ1n) is 5.67. The number of rotatable bonds is 5. The van der Waals surface area contributed by atoms with Gasteiger partial charge in [0.2, 0.25) is 5.13 Å². The summed E-state index contributed by atoms with van der Waals surface area (Å²) in [4.78, 5) is 22.0. The molecule has 0 fully saturated rings. The van der Waals surface area contributed by atoms with Crippen molar-refractivity contribution in [3.05, 3.63) is 29.8 Å². The van der Waals surface area contributed by atoms with Gasteiger partial charge in [0.15, 0.2) is 0 Å². The van der Waals surface area contributed by atoms with Crippen molar-refractivity contribution < 1.29 is 14.7 Å². The molecule has 2 rings (SSSR count). The molecule has 2 aromatic rings. The highest BCUT2D eigenvalue weighted by molar-refractivity contribution is 7.09. The maximum atomic E-state index is 11.6. The van der Waals surface area contributed by atoms with E-state index in [2.05, 4.69) is 25.4 Å². The average Bonchev–Trinajstić information content (AvgIpc) is 2.90. The van der Waals surface area contributed by atoms with Crippen LogP contribution in [0.25, 0.3) is 0 Å². The number of carbonyl (C=O) groups excluding carboxylic acids is 1. The Morgan fingerprint density at radius 3 is 2.55 bits per heavy atom. The Kier molecular flexibility index (Phi) is 4.56. The lowest BCUT2D eigenvalue weighted by molar-refractivity contribution is -0.136. The number of hydrogen-bond donors (Lipinski definition) is 3. The molecular formula is C11H11N5O3S. The number of amides is 2. The highest BCUT2D eigenvalue weighted by Crippen LogP contribution is 2.12. The summed E-state index contributed by atoms with van der Waals surface area (Å²) in [6.07, 6.45) is 0.537. The summed E-state index contributed by atoms with van der Waals surface area (Å²) in [5.41, 5.74) is 1.49. The molecule has 0 spiro atoms. The van der Waals surface area contributed by atoms with Gasteiger partial charge < -0.3 is 10.4 Å². The Bertz CT molecular complexity index is 585. The van der Waals surface area contributed by atoms with Crippen molar-refractivity contribution in [2.24, 2.45) is 0 Å². The molecule has 0 atom stereocenters. The van der Waals surface area contributed by atoms with Crippen LogP contribution in [0.1, 0.15) is 12.0 Å². The molecule has 9 heteroatoms. The molecule has 0 aliphatic heterocycles. The second-order valence-electron chi connectivity index (χ2n) is 3.84. The minimum Gasteiger partial charge on any atom is -0.481 e. The Balaban J connectivity index is 1.86. The van der Waals surface area contributed by atoms with Crippen molar-refractivity contribution in [1.29, 1.82) is 0 Å². The Morgan fingerprint density at radius 1 is 1.20 bits per heavy atom. The van der Waals surface area contributed by atoms with Crippen LogP contribution in [0, 0.1) is 0 Å². The topological polar surface area (TPSA) is 117 Å². The summed E-state index contributed by atoms with van der Waals surface area (Å²) >= 11 is 0.974. The largest absolute Gasteiger partial charge is 0.481 e. The van der Waals surface area contributed by atoms with Crippen LogP contribution in [-0.2, 0) is 11.2 Å². The third-order valence-corrected chi connectivity index (χ3v) is 2.87. The number of carbonyl (C=O) groups is 2. The molecule has 0 bridgehead atoms. The molecule has 0 radical (unpaired) electrons. The van der Waals surface area contributed by atoms with E-state index >= 15 is 0 Å². The second kappa shape index (κ2) is 6.57. The number of aromatic nitrogens is 3. The molecule has 0 unspecified atom stereocenters. The number of carboxylic acid groups (broad SMARTS) is 1. The molecular weight excluding hydrogens is 282 g/mol. The first kappa shape index (κ1) is 13.9. The van der Waals surface area contributed by atoms with E-state index < -0.39 is 12.0 Å². The zero-order valence-electron chi connectivity index (χ0n) is 10.2. The third-order valence-electron chi connectivity index (χ3n) is 2.36. The molecule has 20 heavy (non-hydrogen) atoms. The predicted octanol–water partition coefficient (Wildman–Crippen LogP) is 1.59. The molecule has 1 heterocycles. The van der Waals surface area contributed by atoms with Gasteiger partial charge in [0, 0.05) is 23.6 Å². The predicted molar refractivity (Wildman–Crippen MR) is 72.7 cm³/mol. The number of anilines is 2. The normalized spacial score (nSPS) is 10.0. The number of aliphatic carboxylic acids is 1. The van der Waals surface area contributed by atoms with Crippen molar-refractivity contribution in [3.8, 4) is 0 Å². The monoisotopic (exact) mass is 293 g/mol. The van der Waals surface area contributed by atoms with Crippen LogP contribution in [0.3, 0.4) is 0 Å². The summed E-state index contributed by atoms with van der Waals surface area (Å²) in [6.45, 7) is 0. The molecule has 104 valence electrons. The van der Waals surface area contributed by atoms with Gasteiger partial charge in [-0.3, -0.25) is 10.1 Å². The maximum absolute atomic E-state index is 11.6. The SMILES string of the molecule is O=C(O)CCc1ccc(NC(=O)Nc2nnns2)cc1. The number of benzene rings is 1. The van der Waals surface area contributed by atoms with Gasteiger partial charge in [-0.15, -0.1) is 0 Å². The summed E-state index contributed by atoms with van der Waals surface area (Å²) in [5.74, 6) is -0.836. The van der Waals surface area contributed by atoms with Crippen LogP contribution in [0.4, 0.5) is 15.6 Å².